The molecule has 1 fully saturated rings. The van der Waals surface area contributed by atoms with Crippen molar-refractivity contribution in [2.75, 3.05) is 38.5 Å². The predicted octanol–water partition coefficient (Wildman–Crippen LogP) is 1.87. The third-order valence-electron chi connectivity index (χ3n) is 4.93. The van der Waals surface area contributed by atoms with Crippen LogP contribution in [0.1, 0.15) is 21.5 Å². The first-order valence-electron chi connectivity index (χ1n) is 9.53. The number of nitrogens with one attached hydrogen (secondary N) is 1. The molecule has 2 aromatic rings. The molecular weight excluding hydrogens is 374 g/mol. The summed E-state index contributed by atoms with van der Waals surface area (Å²) in [4.78, 5) is 14.4. The molecule has 150 valence electrons. The number of rotatable bonds is 7. The van der Waals surface area contributed by atoms with Crippen molar-refractivity contribution in [1.29, 1.82) is 0 Å². The smallest absolute Gasteiger partial charge is 0.251 e. The summed E-state index contributed by atoms with van der Waals surface area (Å²) in [7, 11) is -3.37. The molecule has 0 saturated carbocycles. The molecule has 3 rings (SSSR count). The van der Waals surface area contributed by atoms with Crippen LogP contribution in [0.4, 0.5) is 0 Å². The molecule has 0 unspecified atom stereocenters. The van der Waals surface area contributed by atoms with Gasteiger partial charge >= 0.3 is 0 Å². The summed E-state index contributed by atoms with van der Waals surface area (Å²) < 4.78 is 26.7. The van der Waals surface area contributed by atoms with E-state index in [0.717, 1.165) is 12.1 Å². The Kier molecular flexibility index (Phi) is 6.83. The average Bonchev–Trinajstić information content (AvgIpc) is 2.69. The van der Waals surface area contributed by atoms with Gasteiger partial charge in [0.15, 0.2) is 0 Å². The Morgan fingerprint density at radius 3 is 2.25 bits per heavy atom. The van der Waals surface area contributed by atoms with Crippen LogP contribution >= 0.6 is 0 Å². The van der Waals surface area contributed by atoms with Crippen molar-refractivity contribution in [3.63, 3.8) is 0 Å². The van der Waals surface area contributed by atoms with Crippen molar-refractivity contribution in [1.82, 2.24) is 14.5 Å². The highest BCUT2D eigenvalue weighted by molar-refractivity contribution is 7.89. The van der Waals surface area contributed by atoms with E-state index in [1.807, 2.05) is 37.3 Å². The van der Waals surface area contributed by atoms with Gasteiger partial charge in [-0.05, 0) is 24.6 Å². The first-order valence-corrected chi connectivity index (χ1v) is 11.1. The molecule has 28 heavy (non-hydrogen) atoms. The third-order valence-corrected chi connectivity index (χ3v) is 6.80. The zero-order chi connectivity index (χ0) is 20.0. The van der Waals surface area contributed by atoms with Crippen LogP contribution in [0.5, 0.6) is 0 Å². The van der Waals surface area contributed by atoms with E-state index < -0.39 is 10.0 Å². The van der Waals surface area contributed by atoms with Crippen LogP contribution in [0.15, 0.2) is 54.6 Å². The number of benzene rings is 2. The van der Waals surface area contributed by atoms with E-state index in [4.69, 9.17) is 0 Å². The molecule has 0 spiro atoms. The second kappa shape index (κ2) is 9.32. The molecule has 0 aliphatic carbocycles. The Labute approximate surface area is 167 Å². The van der Waals surface area contributed by atoms with Gasteiger partial charge in [0, 0.05) is 44.8 Å². The first-order chi connectivity index (χ1) is 13.4. The fraction of sp³-hybridized carbons (Fsp3) is 0.381. The SMILES string of the molecule is Cc1ccc(C(=O)NCCS(=O)(=O)N2CCN(Cc3ccccc3)CC2)cc1. The van der Waals surface area contributed by atoms with E-state index in [1.165, 1.54) is 9.87 Å². The van der Waals surface area contributed by atoms with Crippen LogP contribution in [0, 0.1) is 6.92 Å². The number of nitrogens with zero attached hydrogens (tertiary/aromatic N) is 2. The first kappa shape index (κ1) is 20.5. The van der Waals surface area contributed by atoms with Crippen LogP contribution in [0.2, 0.25) is 0 Å². The van der Waals surface area contributed by atoms with E-state index in [0.29, 0.717) is 31.7 Å². The van der Waals surface area contributed by atoms with Crippen LogP contribution in [0.3, 0.4) is 0 Å². The minimum absolute atomic E-state index is 0.0801. The Hall–Kier alpha value is -2.22. The quantitative estimate of drug-likeness (QED) is 0.769. The van der Waals surface area contributed by atoms with Crippen LogP contribution in [-0.2, 0) is 16.6 Å². The molecule has 1 saturated heterocycles. The molecular formula is C21H27N3O3S. The molecule has 1 aliphatic heterocycles. The lowest BCUT2D eigenvalue weighted by molar-refractivity contribution is 0.0956. The van der Waals surface area contributed by atoms with E-state index in [2.05, 4.69) is 22.3 Å². The summed E-state index contributed by atoms with van der Waals surface area (Å²) in [5.74, 6) is -0.327. The molecule has 0 atom stereocenters. The topological polar surface area (TPSA) is 69.7 Å². The summed E-state index contributed by atoms with van der Waals surface area (Å²) in [6, 6.07) is 17.4. The van der Waals surface area contributed by atoms with Crippen LogP contribution in [0.25, 0.3) is 0 Å². The number of hydrogen-bond acceptors (Lipinski definition) is 4. The number of carbonyl (C=O) groups excluding carboxylic acids is 1. The van der Waals surface area contributed by atoms with Gasteiger partial charge in [-0.25, -0.2) is 8.42 Å². The molecule has 2 aromatic carbocycles. The number of piperazine rings is 1. The van der Waals surface area contributed by atoms with Crippen LogP contribution in [-0.4, -0.2) is 62.0 Å². The Morgan fingerprint density at radius 2 is 1.61 bits per heavy atom. The summed E-state index contributed by atoms with van der Waals surface area (Å²) in [6.07, 6.45) is 0. The lowest BCUT2D eigenvalue weighted by Crippen LogP contribution is -2.49. The molecule has 0 aromatic heterocycles. The minimum Gasteiger partial charge on any atom is -0.351 e. The number of aryl methyl sites for hydroxylation is 1. The van der Waals surface area contributed by atoms with E-state index in [1.54, 1.807) is 12.1 Å². The maximum absolute atomic E-state index is 12.6. The second-order valence-corrected chi connectivity index (χ2v) is 9.19. The Balaban J connectivity index is 1.43. The second-order valence-electron chi connectivity index (χ2n) is 7.10. The maximum Gasteiger partial charge on any atom is 0.251 e. The van der Waals surface area contributed by atoms with Gasteiger partial charge in [-0.2, -0.15) is 4.31 Å². The zero-order valence-corrected chi connectivity index (χ0v) is 17.0. The lowest BCUT2D eigenvalue weighted by Gasteiger charge is -2.34. The molecule has 6 nitrogen and oxygen atoms in total. The largest absolute Gasteiger partial charge is 0.351 e. The predicted molar refractivity (Wildman–Crippen MR) is 111 cm³/mol. The number of carbonyl (C=O) groups is 1. The van der Waals surface area contributed by atoms with Crippen molar-refractivity contribution < 1.29 is 13.2 Å². The number of hydrogen-bond donors (Lipinski definition) is 1. The molecule has 0 bridgehead atoms. The summed E-state index contributed by atoms with van der Waals surface area (Å²) >= 11 is 0. The maximum atomic E-state index is 12.6. The normalized spacial score (nSPS) is 16.0. The molecule has 1 amide bonds. The van der Waals surface area contributed by atoms with Gasteiger partial charge in [0.1, 0.15) is 0 Å². The number of sulfonamides is 1. The van der Waals surface area contributed by atoms with Crippen LogP contribution < -0.4 is 5.32 Å². The summed E-state index contributed by atoms with van der Waals surface area (Å²) in [5.41, 5.74) is 2.85. The van der Waals surface area contributed by atoms with Crippen molar-refractivity contribution in [3.8, 4) is 0 Å². The summed E-state index contributed by atoms with van der Waals surface area (Å²) in [6.45, 7) is 5.30. The Morgan fingerprint density at radius 1 is 0.964 bits per heavy atom. The molecule has 7 heteroatoms. The van der Waals surface area contributed by atoms with Gasteiger partial charge in [-0.1, -0.05) is 48.0 Å². The highest BCUT2D eigenvalue weighted by Crippen LogP contribution is 2.11. The highest BCUT2D eigenvalue weighted by Gasteiger charge is 2.26. The van der Waals surface area contributed by atoms with E-state index in [9.17, 15) is 13.2 Å². The minimum atomic E-state index is -3.37. The van der Waals surface area contributed by atoms with Gasteiger partial charge in [-0.15, -0.1) is 0 Å². The van der Waals surface area contributed by atoms with Crippen molar-refractivity contribution in [3.05, 3.63) is 71.3 Å². The van der Waals surface area contributed by atoms with Crippen molar-refractivity contribution >= 4 is 15.9 Å². The third kappa shape index (κ3) is 5.64. The van der Waals surface area contributed by atoms with Crippen molar-refractivity contribution in [2.45, 2.75) is 13.5 Å². The lowest BCUT2D eigenvalue weighted by atomic mass is 10.1. The van der Waals surface area contributed by atoms with Gasteiger partial charge in [0.2, 0.25) is 10.0 Å². The Bertz CT molecular complexity index is 875. The standard InChI is InChI=1S/C21H27N3O3S/c1-18-7-9-20(10-8-18)21(25)22-11-16-28(26,27)24-14-12-23(13-15-24)17-19-5-3-2-4-6-19/h2-10H,11-17H2,1H3,(H,22,25). The highest BCUT2D eigenvalue weighted by atomic mass is 32.2. The average molecular weight is 402 g/mol. The molecule has 1 heterocycles. The number of amides is 1. The summed E-state index contributed by atoms with van der Waals surface area (Å²) in [5, 5.41) is 2.70. The molecule has 1 N–H and O–H groups in total. The molecule has 0 radical (unpaired) electrons. The van der Waals surface area contributed by atoms with Gasteiger partial charge in [0.25, 0.3) is 5.91 Å². The fourth-order valence-corrected chi connectivity index (χ4v) is 4.57. The van der Waals surface area contributed by atoms with Gasteiger partial charge < -0.3 is 5.32 Å². The van der Waals surface area contributed by atoms with E-state index >= 15 is 0 Å². The van der Waals surface area contributed by atoms with Gasteiger partial charge in [0.05, 0.1) is 5.75 Å². The molecule has 1 aliphatic rings. The monoisotopic (exact) mass is 401 g/mol. The zero-order valence-electron chi connectivity index (χ0n) is 16.2. The van der Waals surface area contributed by atoms with E-state index in [-0.39, 0.29) is 18.2 Å². The van der Waals surface area contributed by atoms with Gasteiger partial charge in [-0.3, -0.25) is 9.69 Å². The fourth-order valence-electron chi connectivity index (χ4n) is 3.24. The van der Waals surface area contributed by atoms with Crippen molar-refractivity contribution in [2.24, 2.45) is 0 Å².